The van der Waals surface area contributed by atoms with Gasteiger partial charge in [0, 0.05) is 13.0 Å². The number of amides is 1. The number of carbonyl (C=O) groups is 1. The van der Waals surface area contributed by atoms with Gasteiger partial charge in [-0.05, 0) is 67.1 Å². The first-order valence-corrected chi connectivity index (χ1v) is 15.4. The summed E-state index contributed by atoms with van der Waals surface area (Å²) < 4.78 is 12.4. The number of hydrogen-bond acceptors (Lipinski definition) is 5. The molecule has 6 nitrogen and oxygen atoms in total. The Morgan fingerprint density at radius 3 is 2.59 bits per heavy atom. The summed E-state index contributed by atoms with van der Waals surface area (Å²) in [7, 11) is 0. The number of rotatable bonds is 11. The molecule has 0 radical (unpaired) electrons. The van der Waals surface area contributed by atoms with E-state index < -0.39 is 24.4 Å². The van der Waals surface area contributed by atoms with Crippen molar-refractivity contribution < 1.29 is 24.5 Å². The molecule has 1 saturated carbocycles. The standard InChI is InChI=1S/C35H49NO5/c1-6-31-23(3)13-16-32(41-31)24(4)18-22(2)12-14-28-25(5)29(28)15-17-33-35(39)30(37)19-27(40-33)20-34(38)36-21-26-10-8-7-9-11-26/h7-15,17-18,22,25,27-33,35,37,39H,6,16,19-21H2,1-5H3,(H,36,38)/b14-12+,17-15+,24-18+/t22-,25-,27+,28+,29+,30+,31-,32-,33+,35-/m1/s1. The summed E-state index contributed by atoms with van der Waals surface area (Å²) in [5.74, 6) is 1.50. The van der Waals surface area contributed by atoms with Crippen LogP contribution in [0.15, 0.2) is 77.9 Å². The predicted octanol–water partition coefficient (Wildman–Crippen LogP) is 5.66. The molecule has 0 spiro atoms. The van der Waals surface area contributed by atoms with Gasteiger partial charge in [-0.15, -0.1) is 0 Å². The van der Waals surface area contributed by atoms with Gasteiger partial charge in [0.1, 0.15) is 12.2 Å². The van der Waals surface area contributed by atoms with E-state index in [-0.39, 0.29) is 31.0 Å². The summed E-state index contributed by atoms with van der Waals surface area (Å²) in [4.78, 5) is 12.5. The molecule has 2 fully saturated rings. The number of aliphatic hydroxyl groups excluding tert-OH is 2. The average Bonchev–Trinajstić information content (AvgIpc) is 3.59. The topological polar surface area (TPSA) is 88.0 Å². The minimum absolute atomic E-state index is 0.128. The number of allylic oxidation sites excluding steroid dienone is 4. The molecule has 224 valence electrons. The first-order chi connectivity index (χ1) is 19.7. The molecule has 1 aliphatic carbocycles. The molecular formula is C35H49NO5. The molecule has 6 heteroatoms. The Morgan fingerprint density at radius 1 is 1.12 bits per heavy atom. The van der Waals surface area contributed by atoms with Crippen LogP contribution >= 0.6 is 0 Å². The third-order valence-electron chi connectivity index (χ3n) is 8.90. The van der Waals surface area contributed by atoms with Crippen LogP contribution in [0.25, 0.3) is 0 Å². The SMILES string of the molecule is CC[C@H]1O[C@@H](/C(C)=C/[C@H](C)/C=C/[C@H]2[C@@H](C)[C@@H]2/C=C/[C@@H]2O[C@H](CC(=O)NCc3ccccc3)C[C@H](O)[C@H]2O)CC=C1C. The Kier molecular flexibility index (Phi) is 11.2. The van der Waals surface area contributed by atoms with Gasteiger partial charge in [0.2, 0.25) is 5.91 Å². The smallest absolute Gasteiger partial charge is 0.222 e. The van der Waals surface area contributed by atoms with Crippen LogP contribution in [0.4, 0.5) is 0 Å². The fourth-order valence-corrected chi connectivity index (χ4v) is 6.10. The molecule has 2 heterocycles. The minimum atomic E-state index is -1.00. The molecule has 0 unspecified atom stereocenters. The van der Waals surface area contributed by atoms with E-state index in [2.05, 4.69) is 70.3 Å². The van der Waals surface area contributed by atoms with Crippen molar-refractivity contribution in [2.45, 2.75) is 103 Å². The zero-order valence-electron chi connectivity index (χ0n) is 25.3. The Labute approximate surface area is 246 Å². The van der Waals surface area contributed by atoms with Crippen LogP contribution in [0.2, 0.25) is 0 Å². The molecule has 2 aliphatic heterocycles. The first-order valence-electron chi connectivity index (χ1n) is 15.4. The number of ether oxygens (including phenoxy) is 2. The largest absolute Gasteiger partial charge is 0.390 e. The quantitative estimate of drug-likeness (QED) is 0.302. The molecular weight excluding hydrogens is 514 g/mol. The van der Waals surface area contributed by atoms with Crippen molar-refractivity contribution in [3.8, 4) is 0 Å². The molecule has 1 aromatic carbocycles. The summed E-state index contributed by atoms with van der Waals surface area (Å²) in [6, 6.07) is 9.74. The highest BCUT2D eigenvalue weighted by Crippen LogP contribution is 2.48. The second-order valence-electron chi connectivity index (χ2n) is 12.2. The lowest BCUT2D eigenvalue weighted by Crippen LogP contribution is -2.48. The van der Waals surface area contributed by atoms with Crippen LogP contribution in [0.1, 0.15) is 65.9 Å². The highest BCUT2D eigenvalue weighted by Gasteiger charge is 2.43. The molecule has 41 heavy (non-hydrogen) atoms. The second kappa shape index (κ2) is 14.6. The fraction of sp³-hybridized carbons (Fsp3) is 0.571. The van der Waals surface area contributed by atoms with E-state index in [4.69, 9.17) is 9.47 Å². The van der Waals surface area contributed by atoms with Crippen molar-refractivity contribution in [2.24, 2.45) is 23.7 Å². The van der Waals surface area contributed by atoms with Crippen LogP contribution in [-0.2, 0) is 20.8 Å². The van der Waals surface area contributed by atoms with Crippen molar-refractivity contribution in [1.82, 2.24) is 5.32 Å². The van der Waals surface area contributed by atoms with Gasteiger partial charge in [-0.1, -0.05) is 87.6 Å². The van der Waals surface area contributed by atoms with Gasteiger partial charge in [0.05, 0.1) is 30.8 Å². The van der Waals surface area contributed by atoms with Crippen molar-refractivity contribution >= 4 is 5.91 Å². The number of aliphatic hydroxyl groups is 2. The molecule has 10 atom stereocenters. The van der Waals surface area contributed by atoms with Gasteiger partial charge >= 0.3 is 0 Å². The van der Waals surface area contributed by atoms with E-state index in [0.717, 1.165) is 18.4 Å². The van der Waals surface area contributed by atoms with E-state index in [1.54, 1.807) is 0 Å². The maximum atomic E-state index is 12.5. The van der Waals surface area contributed by atoms with Gasteiger partial charge in [-0.2, -0.15) is 0 Å². The van der Waals surface area contributed by atoms with Crippen LogP contribution in [0.3, 0.4) is 0 Å². The summed E-state index contributed by atoms with van der Waals surface area (Å²) in [5.41, 5.74) is 3.65. The van der Waals surface area contributed by atoms with Gasteiger partial charge < -0.3 is 25.0 Å². The van der Waals surface area contributed by atoms with Gasteiger partial charge in [0.25, 0.3) is 0 Å². The summed E-state index contributed by atoms with van der Waals surface area (Å²) >= 11 is 0. The van der Waals surface area contributed by atoms with Crippen molar-refractivity contribution in [3.05, 3.63) is 83.5 Å². The van der Waals surface area contributed by atoms with E-state index in [1.807, 2.05) is 36.4 Å². The molecule has 3 aliphatic rings. The highest BCUT2D eigenvalue weighted by molar-refractivity contribution is 5.76. The molecule has 1 saturated heterocycles. The van der Waals surface area contributed by atoms with E-state index >= 15 is 0 Å². The first kappa shape index (κ1) is 31.4. The van der Waals surface area contributed by atoms with Gasteiger partial charge in [-0.25, -0.2) is 0 Å². The van der Waals surface area contributed by atoms with E-state index in [1.165, 1.54) is 11.1 Å². The lowest BCUT2D eigenvalue weighted by molar-refractivity contribution is -0.157. The number of benzene rings is 1. The molecule has 3 N–H and O–H groups in total. The van der Waals surface area contributed by atoms with Crippen molar-refractivity contribution in [2.75, 3.05) is 0 Å². The van der Waals surface area contributed by atoms with Gasteiger partial charge in [0.15, 0.2) is 0 Å². The van der Waals surface area contributed by atoms with Crippen molar-refractivity contribution in [1.29, 1.82) is 0 Å². The van der Waals surface area contributed by atoms with Crippen LogP contribution < -0.4 is 5.32 Å². The molecule has 1 aromatic rings. The lowest BCUT2D eigenvalue weighted by Gasteiger charge is -2.35. The molecule has 4 rings (SSSR count). The number of hydrogen-bond donors (Lipinski definition) is 3. The maximum absolute atomic E-state index is 12.5. The van der Waals surface area contributed by atoms with E-state index in [0.29, 0.717) is 30.2 Å². The summed E-state index contributed by atoms with van der Waals surface area (Å²) in [6.07, 6.45) is 12.9. The van der Waals surface area contributed by atoms with Gasteiger partial charge in [-0.3, -0.25) is 4.79 Å². The van der Waals surface area contributed by atoms with Crippen LogP contribution in [-0.4, -0.2) is 52.7 Å². The highest BCUT2D eigenvalue weighted by atomic mass is 16.5. The minimum Gasteiger partial charge on any atom is -0.390 e. The third-order valence-corrected chi connectivity index (χ3v) is 8.90. The Morgan fingerprint density at radius 2 is 1.85 bits per heavy atom. The second-order valence-corrected chi connectivity index (χ2v) is 12.2. The zero-order chi connectivity index (χ0) is 29.5. The monoisotopic (exact) mass is 563 g/mol. The van der Waals surface area contributed by atoms with Crippen molar-refractivity contribution in [3.63, 3.8) is 0 Å². The van der Waals surface area contributed by atoms with Crippen LogP contribution in [0, 0.1) is 23.7 Å². The third kappa shape index (κ3) is 8.74. The Hall–Kier alpha value is -2.51. The zero-order valence-corrected chi connectivity index (χ0v) is 25.3. The Balaban J connectivity index is 1.26. The molecule has 1 amide bonds. The maximum Gasteiger partial charge on any atom is 0.222 e. The summed E-state index contributed by atoms with van der Waals surface area (Å²) in [6.45, 7) is 11.4. The normalized spacial score (nSPS) is 35.0. The lowest BCUT2D eigenvalue weighted by atomic mass is 9.95. The number of nitrogens with one attached hydrogen (secondary N) is 1. The van der Waals surface area contributed by atoms with Crippen LogP contribution in [0.5, 0.6) is 0 Å². The summed E-state index contributed by atoms with van der Waals surface area (Å²) in [5, 5.41) is 23.9. The fourth-order valence-electron chi connectivity index (χ4n) is 6.10. The average molecular weight is 564 g/mol. The molecule has 0 bridgehead atoms. The number of carbonyl (C=O) groups excluding carboxylic acids is 1. The van der Waals surface area contributed by atoms with E-state index in [9.17, 15) is 15.0 Å². The predicted molar refractivity (Wildman–Crippen MR) is 163 cm³/mol. The Bertz CT molecular complexity index is 1120. The molecule has 0 aromatic heterocycles.